The molecule has 0 fully saturated rings. The van der Waals surface area contributed by atoms with Gasteiger partial charge in [-0.1, -0.05) is 49.3 Å². The van der Waals surface area contributed by atoms with Crippen LogP contribution in [0.1, 0.15) is 38.7 Å². The molecule has 106 valence electrons. The summed E-state index contributed by atoms with van der Waals surface area (Å²) in [4.78, 5) is 0. The number of hydrogen-bond acceptors (Lipinski definition) is 3. The van der Waals surface area contributed by atoms with E-state index in [9.17, 15) is 0 Å². The Bertz CT molecular complexity index is 388. The van der Waals surface area contributed by atoms with E-state index >= 15 is 0 Å². The van der Waals surface area contributed by atoms with E-state index in [0.29, 0.717) is 12.3 Å². The van der Waals surface area contributed by atoms with Crippen molar-refractivity contribution in [3.8, 4) is 0 Å². The molecule has 4 heteroatoms. The minimum Gasteiger partial charge on any atom is -0.409 e. The number of amidine groups is 1. The van der Waals surface area contributed by atoms with Crippen molar-refractivity contribution in [3.63, 3.8) is 0 Å². The fraction of sp³-hybridized carbons (Fsp3) is 0.533. The van der Waals surface area contributed by atoms with Crippen molar-refractivity contribution < 1.29 is 5.21 Å². The number of nitrogens with one attached hydrogen (secondary N) is 1. The van der Waals surface area contributed by atoms with Gasteiger partial charge in [0, 0.05) is 18.4 Å². The van der Waals surface area contributed by atoms with Gasteiger partial charge in [0.1, 0.15) is 5.84 Å². The Balaban J connectivity index is 2.22. The summed E-state index contributed by atoms with van der Waals surface area (Å²) in [6.07, 6.45) is 2.62. The summed E-state index contributed by atoms with van der Waals surface area (Å²) in [5.41, 5.74) is 6.89. The van der Waals surface area contributed by atoms with Crippen LogP contribution in [-0.2, 0) is 5.41 Å². The molecule has 1 rings (SSSR count). The highest BCUT2D eigenvalue weighted by atomic mass is 16.4. The van der Waals surface area contributed by atoms with E-state index in [4.69, 9.17) is 10.9 Å². The Morgan fingerprint density at radius 2 is 1.95 bits per heavy atom. The number of oxime groups is 1. The van der Waals surface area contributed by atoms with Crippen molar-refractivity contribution in [2.45, 2.75) is 38.5 Å². The molecule has 0 aromatic heterocycles. The van der Waals surface area contributed by atoms with E-state index in [1.54, 1.807) is 0 Å². The maximum atomic E-state index is 8.42. The zero-order chi connectivity index (χ0) is 14.1. The van der Waals surface area contributed by atoms with Crippen LogP contribution in [-0.4, -0.2) is 24.1 Å². The molecular formula is C15H25N3O. The highest BCUT2D eigenvalue weighted by molar-refractivity contribution is 5.79. The van der Waals surface area contributed by atoms with Gasteiger partial charge in [-0.25, -0.2) is 0 Å². The zero-order valence-corrected chi connectivity index (χ0v) is 11.9. The molecule has 0 atom stereocenters. The molecule has 0 spiro atoms. The zero-order valence-electron chi connectivity index (χ0n) is 11.9. The molecular weight excluding hydrogens is 238 g/mol. The van der Waals surface area contributed by atoms with Gasteiger partial charge in [0.25, 0.3) is 0 Å². The molecule has 4 N–H and O–H groups in total. The van der Waals surface area contributed by atoms with Crippen LogP contribution in [0.3, 0.4) is 0 Å². The summed E-state index contributed by atoms with van der Waals surface area (Å²) in [5, 5.41) is 14.8. The Morgan fingerprint density at radius 3 is 2.58 bits per heavy atom. The van der Waals surface area contributed by atoms with Crippen LogP contribution in [0.2, 0.25) is 0 Å². The predicted molar refractivity (Wildman–Crippen MR) is 79.6 cm³/mol. The largest absolute Gasteiger partial charge is 0.409 e. The standard InChI is InChI=1S/C15H25N3O/c1-15(2,13-8-4-3-5-9-13)12-17-11-7-6-10-14(16)18-19/h3-5,8-9,17,19H,6-7,10-12H2,1-2H3,(H2,16,18). The van der Waals surface area contributed by atoms with E-state index in [-0.39, 0.29) is 5.41 Å². The quantitative estimate of drug-likeness (QED) is 0.222. The van der Waals surface area contributed by atoms with Gasteiger partial charge in [-0.15, -0.1) is 0 Å². The third-order valence-corrected chi connectivity index (χ3v) is 3.29. The molecule has 0 heterocycles. The van der Waals surface area contributed by atoms with Gasteiger partial charge >= 0.3 is 0 Å². The third-order valence-electron chi connectivity index (χ3n) is 3.29. The molecule has 0 saturated heterocycles. The predicted octanol–water partition coefficient (Wildman–Crippen LogP) is 2.47. The van der Waals surface area contributed by atoms with Crippen molar-refractivity contribution in [2.75, 3.05) is 13.1 Å². The molecule has 0 amide bonds. The van der Waals surface area contributed by atoms with E-state index in [2.05, 4.69) is 48.6 Å². The first-order valence-corrected chi connectivity index (χ1v) is 6.79. The Morgan fingerprint density at radius 1 is 1.26 bits per heavy atom. The van der Waals surface area contributed by atoms with Gasteiger partial charge in [0.05, 0.1) is 0 Å². The number of benzene rings is 1. The minimum absolute atomic E-state index is 0.132. The molecule has 4 nitrogen and oxygen atoms in total. The monoisotopic (exact) mass is 263 g/mol. The van der Waals surface area contributed by atoms with Crippen LogP contribution in [0.15, 0.2) is 35.5 Å². The lowest BCUT2D eigenvalue weighted by Gasteiger charge is -2.25. The highest BCUT2D eigenvalue weighted by Crippen LogP contribution is 2.21. The van der Waals surface area contributed by atoms with Gasteiger partial charge in [-0.3, -0.25) is 0 Å². The fourth-order valence-electron chi connectivity index (χ4n) is 2.00. The fourth-order valence-corrected chi connectivity index (χ4v) is 2.00. The number of unbranched alkanes of at least 4 members (excludes halogenated alkanes) is 1. The maximum Gasteiger partial charge on any atom is 0.139 e. The number of hydrogen-bond donors (Lipinski definition) is 3. The van der Waals surface area contributed by atoms with Crippen molar-refractivity contribution in [3.05, 3.63) is 35.9 Å². The molecule has 1 aromatic rings. The molecule has 0 saturated carbocycles. The normalized spacial score (nSPS) is 12.6. The van der Waals surface area contributed by atoms with Crippen molar-refractivity contribution in [1.82, 2.24) is 5.32 Å². The first kappa shape index (κ1) is 15.5. The summed E-state index contributed by atoms with van der Waals surface area (Å²) in [7, 11) is 0. The maximum absolute atomic E-state index is 8.42. The summed E-state index contributed by atoms with van der Waals surface area (Å²) in [6.45, 7) is 6.38. The second-order valence-electron chi connectivity index (χ2n) is 5.48. The van der Waals surface area contributed by atoms with Crippen molar-refractivity contribution in [1.29, 1.82) is 0 Å². The summed E-state index contributed by atoms with van der Waals surface area (Å²) in [6, 6.07) is 10.5. The summed E-state index contributed by atoms with van der Waals surface area (Å²) < 4.78 is 0. The Labute approximate surface area is 115 Å². The van der Waals surface area contributed by atoms with Gasteiger partial charge in [0.15, 0.2) is 0 Å². The Hall–Kier alpha value is -1.55. The van der Waals surface area contributed by atoms with Gasteiger partial charge < -0.3 is 16.3 Å². The van der Waals surface area contributed by atoms with E-state index in [0.717, 1.165) is 25.9 Å². The second-order valence-corrected chi connectivity index (χ2v) is 5.48. The first-order chi connectivity index (χ1) is 9.06. The first-order valence-electron chi connectivity index (χ1n) is 6.79. The van der Waals surface area contributed by atoms with Gasteiger partial charge in [-0.05, 0) is 24.9 Å². The molecule has 0 bridgehead atoms. The van der Waals surface area contributed by atoms with Crippen LogP contribution >= 0.6 is 0 Å². The van der Waals surface area contributed by atoms with Crippen LogP contribution in [0.25, 0.3) is 0 Å². The van der Waals surface area contributed by atoms with E-state index < -0.39 is 0 Å². The average molecular weight is 263 g/mol. The second kappa shape index (κ2) is 7.79. The average Bonchev–Trinajstić information content (AvgIpc) is 2.43. The molecule has 0 aliphatic heterocycles. The lowest BCUT2D eigenvalue weighted by molar-refractivity contribution is 0.316. The smallest absolute Gasteiger partial charge is 0.139 e. The van der Waals surface area contributed by atoms with Crippen LogP contribution in [0.4, 0.5) is 0 Å². The topological polar surface area (TPSA) is 70.6 Å². The number of rotatable bonds is 8. The molecule has 0 radical (unpaired) electrons. The summed E-state index contributed by atoms with van der Waals surface area (Å²) >= 11 is 0. The van der Waals surface area contributed by atoms with Crippen LogP contribution in [0, 0.1) is 0 Å². The summed E-state index contributed by atoms with van der Waals surface area (Å²) in [5.74, 6) is 0.310. The number of nitrogens with zero attached hydrogens (tertiary/aromatic N) is 1. The van der Waals surface area contributed by atoms with E-state index in [1.165, 1.54) is 5.56 Å². The lowest BCUT2D eigenvalue weighted by Crippen LogP contribution is -2.33. The third kappa shape index (κ3) is 5.75. The molecule has 0 unspecified atom stereocenters. The highest BCUT2D eigenvalue weighted by Gasteiger charge is 2.19. The number of nitrogens with two attached hydrogens (primary N) is 1. The van der Waals surface area contributed by atoms with Crippen LogP contribution < -0.4 is 11.1 Å². The molecule has 0 aliphatic rings. The SMILES string of the molecule is CC(C)(CNCCCCC(N)=NO)c1ccccc1. The molecule has 1 aromatic carbocycles. The van der Waals surface area contributed by atoms with Crippen LogP contribution in [0.5, 0.6) is 0 Å². The minimum atomic E-state index is 0.132. The van der Waals surface area contributed by atoms with Crippen molar-refractivity contribution in [2.24, 2.45) is 10.9 Å². The van der Waals surface area contributed by atoms with E-state index in [1.807, 2.05) is 6.07 Å². The van der Waals surface area contributed by atoms with Gasteiger partial charge in [0.2, 0.25) is 0 Å². The van der Waals surface area contributed by atoms with Gasteiger partial charge in [-0.2, -0.15) is 0 Å². The lowest BCUT2D eigenvalue weighted by atomic mass is 9.84. The van der Waals surface area contributed by atoms with Crippen molar-refractivity contribution >= 4 is 5.84 Å². The Kier molecular flexibility index (Phi) is 6.36. The molecule has 19 heavy (non-hydrogen) atoms. The molecule has 0 aliphatic carbocycles.